The molecule has 1 saturated carbocycles. The number of aliphatic hydroxyl groups excluding tert-OH is 1. The summed E-state index contributed by atoms with van der Waals surface area (Å²) >= 11 is 1.65. The lowest BCUT2D eigenvalue weighted by atomic mass is 10.1. The zero-order valence-corrected chi connectivity index (χ0v) is 19.2. The molecule has 168 valence electrons. The number of imidazole rings is 1. The first-order valence-corrected chi connectivity index (χ1v) is 11.9. The molecule has 2 aromatic heterocycles. The van der Waals surface area contributed by atoms with Gasteiger partial charge in [0.2, 0.25) is 0 Å². The van der Waals surface area contributed by atoms with E-state index in [1.54, 1.807) is 25.6 Å². The van der Waals surface area contributed by atoms with Crippen molar-refractivity contribution in [2.45, 2.75) is 50.8 Å². The van der Waals surface area contributed by atoms with E-state index >= 15 is 0 Å². The maximum Gasteiger partial charge on any atom is 0.184 e. The molecule has 1 fully saturated rings. The van der Waals surface area contributed by atoms with Crippen LogP contribution in [0.5, 0.6) is 11.5 Å². The highest BCUT2D eigenvalue weighted by atomic mass is 32.1. The monoisotopic (exact) mass is 452 g/mol. The van der Waals surface area contributed by atoms with Crippen LogP contribution in [0.3, 0.4) is 0 Å². The second kappa shape index (κ2) is 8.96. The summed E-state index contributed by atoms with van der Waals surface area (Å²) in [4.78, 5) is 9.28. The van der Waals surface area contributed by atoms with E-state index in [1.807, 2.05) is 18.5 Å². The predicted octanol–water partition coefficient (Wildman–Crippen LogP) is 4.82. The van der Waals surface area contributed by atoms with Gasteiger partial charge in [0.1, 0.15) is 0 Å². The topological polar surface area (TPSA) is 81.4 Å². The normalized spacial score (nSPS) is 19.2. The van der Waals surface area contributed by atoms with E-state index in [9.17, 15) is 5.11 Å². The number of hydrogen-bond donors (Lipinski definition) is 2. The Morgan fingerprint density at radius 3 is 2.72 bits per heavy atom. The van der Waals surface area contributed by atoms with Gasteiger partial charge in [0, 0.05) is 18.7 Å². The van der Waals surface area contributed by atoms with Crippen LogP contribution in [0.25, 0.3) is 21.3 Å². The Morgan fingerprint density at radius 2 is 1.88 bits per heavy atom. The van der Waals surface area contributed by atoms with E-state index < -0.39 is 0 Å². The van der Waals surface area contributed by atoms with Crippen LogP contribution in [0.15, 0.2) is 36.7 Å². The van der Waals surface area contributed by atoms with Gasteiger partial charge < -0.3 is 24.5 Å². The zero-order valence-electron chi connectivity index (χ0n) is 18.4. The fourth-order valence-corrected chi connectivity index (χ4v) is 5.44. The molecule has 0 radical (unpaired) electrons. The Hall–Kier alpha value is -2.84. The number of benzene rings is 2. The second-order valence-corrected chi connectivity index (χ2v) is 9.38. The number of thiazole rings is 1. The first-order valence-electron chi connectivity index (χ1n) is 11.1. The lowest BCUT2D eigenvalue weighted by molar-refractivity contribution is 0.144. The number of aromatic nitrogens is 3. The average Bonchev–Trinajstić information content (AvgIpc) is 3.32. The number of aliphatic hydroxyl groups is 1. The lowest BCUT2D eigenvalue weighted by Crippen LogP contribution is -2.32. The molecule has 32 heavy (non-hydrogen) atoms. The molecule has 2 N–H and O–H groups in total. The third-order valence-corrected chi connectivity index (χ3v) is 7.17. The quantitative estimate of drug-likeness (QED) is 0.408. The number of hydrogen-bond acceptors (Lipinski definition) is 7. The molecule has 0 spiro atoms. The number of nitrogens with zero attached hydrogens (tertiary/aromatic N) is 3. The number of rotatable bonds is 6. The third-order valence-electron chi connectivity index (χ3n) is 6.22. The molecule has 2 unspecified atom stereocenters. The minimum atomic E-state index is -0.301. The molecular formula is C24H28N4O3S. The summed E-state index contributed by atoms with van der Waals surface area (Å²) in [6.07, 6.45) is 6.85. The Bertz CT molecular complexity index is 1230. The first kappa shape index (κ1) is 21.0. The van der Waals surface area contributed by atoms with Crippen molar-refractivity contribution in [1.82, 2.24) is 14.5 Å². The van der Waals surface area contributed by atoms with Crippen molar-refractivity contribution in [3.8, 4) is 11.5 Å². The van der Waals surface area contributed by atoms with E-state index in [1.165, 1.54) is 12.0 Å². The van der Waals surface area contributed by atoms with Crippen LogP contribution in [0.1, 0.15) is 37.7 Å². The molecule has 1 aliphatic carbocycles. The lowest BCUT2D eigenvalue weighted by Gasteiger charge is -2.21. The van der Waals surface area contributed by atoms with Crippen LogP contribution in [-0.4, -0.2) is 46.0 Å². The maximum atomic E-state index is 10.4. The number of ether oxygens (including phenoxy) is 2. The van der Waals surface area contributed by atoms with Crippen molar-refractivity contribution in [3.63, 3.8) is 0 Å². The smallest absolute Gasteiger partial charge is 0.184 e. The van der Waals surface area contributed by atoms with Crippen LogP contribution in [0, 0.1) is 0 Å². The van der Waals surface area contributed by atoms with E-state index in [2.05, 4.69) is 33.1 Å². The summed E-state index contributed by atoms with van der Waals surface area (Å²) in [5, 5.41) is 14.8. The van der Waals surface area contributed by atoms with E-state index in [-0.39, 0.29) is 12.1 Å². The van der Waals surface area contributed by atoms with Gasteiger partial charge in [-0.2, -0.15) is 0 Å². The molecule has 2 atom stereocenters. The summed E-state index contributed by atoms with van der Waals surface area (Å²) in [5.74, 6) is 1.37. The average molecular weight is 453 g/mol. The zero-order chi connectivity index (χ0) is 22.1. The van der Waals surface area contributed by atoms with Crippen LogP contribution < -0.4 is 14.8 Å². The fourth-order valence-electron chi connectivity index (χ4n) is 4.45. The number of nitrogens with one attached hydrogen (secondary N) is 1. The second-order valence-electron chi connectivity index (χ2n) is 8.35. The minimum Gasteiger partial charge on any atom is -0.493 e. The van der Waals surface area contributed by atoms with Gasteiger partial charge in [-0.15, -0.1) is 0 Å². The van der Waals surface area contributed by atoms with Gasteiger partial charge in [0.25, 0.3) is 0 Å². The fraction of sp³-hybridized carbons (Fsp3) is 0.417. The molecule has 2 aromatic carbocycles. The summed E-state index contributed by atoms with van der Waals surface area (Å²) in [5.41, 5.74) is 4.02. The van der Waals surface area contributed by atoms with E-state index in [0.29, 0.717) is 18.0 Å². The van der Waals surface area contributed by atoms with Crippen molar-refractivity contribution in [2.24, 2.45) is 0 Å². The standard InChI is InChI=1S/C24H28N4O3S/c1-30-21-11-18-19(12-22(21)31-2)28(14-25-18)13-15-8-9-17-23(10-15)32-24(27-17)26-16-6-4-3-5-7-20(16)29/h8-12,14,16,20,29H,3-7,13H2,1-2H3,(H,26,27). The molecule has 0 amide bonds. The van der Waals surface area contributed by atoms with Gasteiger partial charge >= 0.3 is 0 Å². The molecule has 0 saturated heterocycles. The van der Waals surface area contributed by atoms with Crippen molar-refractivity contribution < 1.29 is 14.6 Å². The van der Waals surface area contributed by atoms with E-state index in [0.717, 1.165) is 52.1 Å². The van der Waals surface area contributed by atoms with E-state index in [4.69, 9.17) is 14.5 Å². The molecule has 2 heterocycles. The Balaban J connectivity index is 1.38. The van der Waals surface area contributed by atoms with Gasteiger partial charge in [-0.05, 0) is 30.5 Å². The van der Waals surface area contributed by atoms with Crippen molar-refractivity contribution in [2.75, 3.05) is 19.5 Å². The number of anilines is 1. The van der Waals surface area contributed by atoms with Crippen LogP contribution in [-0.2, 0) is 6.54 Å². The largest absolute Gasteiger partial charge is 0.493 e. The molecule has 5 rings (SSSR count). The summed E-state index contributed by atoms with van der Waals surface area (Å²) < 4.78 is 14.1. The molecule has 0 aliphatic heterocycles. The molecule has 4 aromatic rings. The minimum absolute atomic E-state index is 0.0850. The molecule has 7 nitrogen and oxygen atoms in total. The Kier molecular flexibility index (Phi) is 5.89. The van der Waals surface area contributed by atoms with Crippen molar-refractivity contribution in [3.05, 3.63) is 42.2 Å². The van der Waals surface area contributed by atoms with Gasteiger partial charge in [0.05, 0.1) is 53.9 Å². The van der Waals surface area contributed by atoms with Crippen LogP contribution in [0.2, 0.25) is 0 Å². The van der Waals surface area contributed by atoms with Gasteiger partial charge in [-0.25, -0.2) is 9.97 Å². The molecule has 0 bridgehead atoms. The van der Waals surface area contributed by atoms with Crippen LogP contribution >= 0.6 is 11.3 Å². The number of fused-ring (bicyclic) bond motifs is 2. The SMILES string of the molecule is COc1cc2ncn(Cc3ccc4nc(NC5CCCCCC5O)sc4c3)c2cc1OC. The van der Waals surface area contributed by atoms with Crippen molar-refractivity contribution >= 4 is 37.7 Å². The summed E-state index contributed by atoms with van der Waals surface area (Å²) in [7, 11) is 3.27. The number of methoxy groups -OCH3 is 2. The molecular weight excluding hydrogens is 424 g/mol. The Labute approximate surface area is 191 Å². The molecule has 8 heteroatoms. The van der Waals surface area contributed by atoms with Crippen molar-refractivity contribution in [1.29, 1.82) is 0 Å². The third kappa shape index (κ3) is 4.12. The predicted molar refractivity (Wildman–Crippen MR) is 128 cm³/mol. The Morgan fingerprint density at radius 1 is 1.06 bits per heavy atom. The first-order chi connectivity index (χ1) is 15.6. The highest BCUT2D eigenvalue weighted by Gasteiger charge is 2.22. The maximum absolute atomic E-state index is 10.4. The van der Waals surface area contributed by atoms with Gasteiger partial charge in [-0.1, -0.05) is 36.7 Å². The van der Waals surface area contributed by atoms with Crippen LogP contribution in [0.4, 0.5) is 5.13 Å². The van der Waals surface area contributed by atoms with Gasteiger partial charge in [0.15, 0.2) is 16.6 Å². The summed E-state index contributed by atoms with van der Waals surface area (Å²) in [6, 6.07) is 10.3. The highest BCUT2D eigenvalue weighted by molar-refractivity contribution is 7.22. The summed E-state index contributed by atoms with van der Waals surface area (Å²) in [6.45, 7) is 0.698. The highest BCUT2D eigenvalue weighted by Crippen LogP contribution is 2.33. The van der Waals surface area contributed by atoms with Gasteiger partial charge in [-0.3, -0.25) is 0 Å². The molecule has 1 aliphatic rings.